The van der Waals surface area contributed by atoms with Crippen LogP contribution in [0.15, 0.2) is 47.6 Å². The van der Waals surface area contributed by atoms with Gasteiger partial charge in [-0.05, 0) is 11.6 Å². The number of benzene rings is 2. The van der Waals surface area contributed by atoms with E-state index >= 15 is 0 Å². The molecule has 0 saturated carbocycles. The van der Waals surface area contributed by atoms with E-state index in [1.807, 2.05) is 0 Å². The molecule has 0 radical (unpaired) electrons. The van der Waals surface area contributed by atoms with Crippen LogP contribution in [0.5, 0.6) is 5.75 Å². The van der Waals surface area contributed by atoms with Crippen LogP contribution in [0, 0.1) is 10.1 Å². The summed E-state index contributed by atoms with van der Waals surface area (Å²) in [5.41, 5.74) is 1.83. The maximum absolute atomic E-state index is 11.8. The van der Waals surface area contributed by atoms with Gasteiger partial charge in [-0.15, -0.1) is 0 Å². The Labute approximate surface area is 141 Å². The zero-order chi connectivity index (χ0) is 17.7. The van der Waals surface area contributed by atoms with Crippen molar-refractivity contribution >= 4 is 29.4 Å². The van der Waals surface area contributed by atoms with Gasteiger partial charge in [0.15, 0.2) is 6.10 Å². The molecule has 0 aliphatic rings. The Hall–Kier alpha value is -2.97. The van der Waals surface area contributed by atoms with Gasteiger partial charge >= 0.3 is 5.69 Å². The number of nitrogens with one attached hydrogen (secondary N) is 1. The molecule has 0 aromatic heterocycles. The van der Waals surface area contributed by atoms with Crippen LogP contribution in [0.2, 0.25) is 5.02 Å². The minimum Gasteiger partial charge on any atom is -0.502 e. The molecule has 0 unspecified atom stereocenters. The standard InChI is InChI=1S/C15H12ClN3O5/c16-11-6-10(13(20)12(7-11)19(23)24)8-17-18-15(22)14(21)9-4-2-1-3-5-9/h1-8,14,20-21H,(H,18,22)/b17-8-/t14-/m1/s1. The molecule has 3 N–H and O–H groups in total. The second kappa shape index (κ2) is 7.53. The lowest BCUT2D eigenvalue weighted by Gasteiger charge is -2.08. The van der Waals surface area contributed by atoms with E-state index in [2.05, 4.69) is 10.5 Å². The molecule has 0 aliphatic carbocycles. The number of hydrazone groups is 1. The first-order chi connectivity index (χ1) is 11.4. The van der Waals surface area contributed by atoms with Crippen molar-refractivity contribution in [2.75, 3.05) is 0 Å². The van der Waals surface area contributed by atoms with Crippen molar-refractivity contribution in [2.24, 2.45) is 5.10 Å². The highest BCUT2D eigenvalue weighted by molar-refractivity contribution is 6.31. The number of amides is 1. The average molecular weight is 350 g/mol. The smallest absolute Gasteiger partial charge is 0.312 e. The summed E-state index contributed by atoms with van der Waals surface area (Å²) in [6.07, 6.45) is -0.435. The van der Waals surface area contributed by atoms with Crippen molar-refractivity contribution in [2.45, 2.75) is 6.10 Å². The van der Waals surface area contributed by atoms with Gasteiger partial charge in [0, 0.05) is 16.7 Å². The van der Waals surface area contributed by atoms with Gasteiger partial charge in [0.1, 0.15) is 0 Å². The van der Waals surface area contributed by atoms with Crippen molar-refractivity contribution in [3.8, 4) is 5.75 Å². The first-order valence-electron chi connectivity index (χ1n) is 6.63. The predicted molar refractivity (Wildman–Crippen MR) is 86.9 cm³/mol. The zero-order valence-corrected chi connectivity index (χ0v) is 12.8. The van der Waals surface area contributed by atoms with Crippen LogP contribution in [-0.4, -0.2) is 27.3 Å². The number of nitro benzene ring substituents is 1. The topological polar surface area (TPSA) is 125 Å². The normalized spacial score (nSPS) is 12.1. The number of carbonyl (C=O) groups excluding carboxylic acids is 1. The summed E-state index contributed by atoms with van der Waals surface area (Å²) in [4.78, 5) is 21.8. The number of rotatable bonds is 5. The minimum absolute atomic E-state index is 0.0246. The molecule has 0 bridgehead atoms. The van der Waals surface area contributed by atoms with E-state index in [1.54, 1.807) is 30.3 Å². The number of aliphatic hydroxyl groups is 1. The number of hydrogen-bond donors (Lipinski definition) is 3. The SMILES string of the molecule is O=C(N/N=C\c1cc(Cl)cc([N+](=O)[O-])c1O)[C@H](O)c1ccccc1. The Morgan fingerprint density at radius 1 is 1.33 bits per heavy atom. The van der Waals surface area contributed by atoms with Crippen LogP contribution in [-0.2, 0) is 4.79 Å². The maximum Gasteiger partial charge on any atom is 0.312 e. The van der Waals surface area contributed by atoms with E-state index in [1.165, 1.54) is 6.07 Å². The van der Waals surface area contributed by atoms with E-state index in [4.69, 9.17) is 11.6 Å². The third-order valence-electron chi connectivity index (χ3n) is 3.02. The number of phenols is 1. The minimum atomic E-state index is -1.43. The van der Waals surface area contributed by atoms with Crippen LogP contribution < -0.4 is 5.43 Å². The molecular weight excluding hydrogens is 338 g/mol. The number of nitrogens with zero attached hydrogens (tertiary/aromatic N) is 2. The number of halogens is 1. The van der Waals surface area contributed by atoms with Crippen molar-refractivity contribution in [1.29, 1.82) is 0 Å². The Morgan fingerprint density at radius 2 is 2.00 bits per heavy atom. The quantitative estimate of drug-likeness (QED) is 0.433. The van der Waals surface area contributed by atoms with E-state index in [9.17, 15) is 25.1 Å². The molecule has 2 aromatic carbocycles. The summed E-state index contributed by atoms with van der Waals surface area (Å²) in [7, 11) is 0. The Kier molecular flexibility index (Phi) is 5.46. The van der Waals surface area contributed by atoms with Crippen molar-refractivity contribution in [1.82, 2.24) is 5.43 Å². The highest BCUT2D eigenvalue weighted by atomic mass is 35.5. The van der Waals surface area contributed by atoms with Crippen LogP contribution in [0.3, 0.4) is 0 Å². The van der Waals surface area contributed by atoms with Crippen molar-refractivity contribution in [3.05, 3.63) is 68.7 Å². The number of aliphatic hydroxyl groups excluding tert-OH is 1. The first kappa shape index (κ1) is 17.4. The van der Waals surface area contributed by atoms with Crippen LogP contribution in [0.4, 0.5) is 5.69 Å². The van der Waals surface area contributed by atoms with Gasteiger partial charge in [0.05, 0.1) is 11.1 Å². The van der Waals surface area contributed by atoms with E-state index in [0.717, 1.165) is 12.3 Å². The Balaban J connectivity index is 2.12. The molecule has 1 atom stereocenters. The highest BCUT2D eigenvalue weighted by Gasteiger charge is 2.18. The molecule has 0 spiro atoms. The van der Waals surface area contributed by atoms with Gasteiger partial charge in [-0.1, -0.05) is 41.9 Å². The molecule has 0 saturated heterocycles. The fraction of sp³-hybridized carbons (Fsp3) is 0.0667. The largest absolute Gasteiger partial charge is 0.502 e. The summed E-state index contributed by atoms with van der Waals surface area (Å²) in [6.45, 7) is 0. The third kappa shape index (κ3) is 4.06. The molecule has 0 heterocycles. The van der Waals surface area contributed by atoms with E-state index in [-0.39, 0.29) is 10.6 Å². The number of nitro groups is 1. The van der Waals surface area contributed by atoms with Gasteiger partial charge in [0.2, 0.25) is 5.75 Å². The molecule has 0 fully saturated rings. The monoisotopic (exact) mass is 349 g/mol. The number of hydrogen-bond acceptors (Lipinski definition) is 6. The number of phenolic OH excluding ortho intramolecular Hbond substituents is 1. The Morgan fingerprint density at radius 3 is 2.62 bits per heavy atom. The molecular formula is C15H12ClN3O5. The lowest BCUT2D eigenvalue weighted by Crippen LogP contribution is -2.25. The molecule has 0 aliphatic heterocycles. The summed E-state index contributed by atoms with van der Waals surface area (Å²) in [6, 6.07) is 10.4. The Bertz CT molecular complexity index is 795. The fourth-order valence-electron chi connectivity index (χ4n) is 1.86. The molecule has 8 nitrogen and oxygen atoms in total. The predicted octanol–water partition coefficient (Wildman–Crippen LogP) is 2.14. The van der Waals surface area contributed by atoms with Gasteiger partial charge in [-0.25, -0.2) is 5.43 Å². The van der Waals surface area contributed by atoms with Crippen molar-refractivity contribution in [3.63, 3.8) is 0 Å². The molecule has 2 rings (SSSR count). The number of aromatic hydroxyl groups is 1. The van der Waals surface area contributed by atoms with Gasteiger partial charge < -0.3 is 10.2 Å². The average Bonchev–Trinajstić information content (AvgIpc) is 2.57. The maximum atomic E-state index is 11.8. The second-order valence-electron chi connectivity index (χ2n) is 4.67. The van der Waals surface area contributed by atoms with Crippen molar-refractivity contribution < 1.29 is 19.9 Å². The van der Waals surface area contributed by atoms with Crippen LogP contribution >= 0.6 is 11.6 Å². The second-order valence-corrected chi connectivity index (χ2v) is 5.10. The summed E-state index contributed by atoms with van der Waals surface area (Å²) < 4.78 is 0. The van der Waals surface area contributed by atoms with E-state index in [0.29, 0.717) is 5.56 Å². The molecule has 124 valence electrons. The third-order valence-corrected chi connectivity index (χ3v) is 3.24. The van der Waals surface area contributed by atoms with Gasteiger partial charge in [0.25, 0.3) is 5.91 Å². The van der Waals surface area contributed by atoms with Crippen LogP contribution in [0.25, 0.3) is 0 Å². The lowest BCUT2D eigenvalue weighted by molar-refractivity contribution is -0.385. The van der Waals surface area contributed by atoms with Crippen LogP contribution in [0.1, 0.15) is 17.2 Å². The lowest BCUT2D eigenvalue weighted by atomic mass is 10.1. The summed E-state index contributed by atoms with van der Waals surface area (Å²) >= 11 is 5.73. The summed E-state index contributed by atoms with van der Waals surface area (Å²) in [5.74, 6) is -1.43. The first-order valence-corrected chi connectivity index (χ1v) is 7.00. The number of carbonyl (C=O) groups is 1. The molecule has 2 aromatic rings. The molecule has 1 amide bonds. The molecule has 9 heteroatoms. The fourth-order valence-corrected chi connectivity index (χ4v) is 2.08. The highest BCUT2D eigenvalue weighted by Crippen LogP contribution is 2.32. The van der Waals surface area contributed by atoms with E-state index < -0.39 is 28.4 Å². The zero-order valence-electron chi connectivity index (χ0n) is 12.1. The molecule has 24 heavy (non-hydrogen) atoms. The van der Waals surface area contributed by atoms with Gasteiger partial charge in [-0.3, -0.25) is 14.9 Å². The summed E-state index contributed by atoms with van der Waals surface area (Å²) in [5, 5.41) is 34.0. The van der Waals surface area contributed by atoms with Gasteiger partial charge in [-0.2, -0.15) is 5.10 Å².